The van der Waals surface area contributed by atoms with E-state index in [1.54, 1.807) is 0 Å². The van der Waals surface area contributed by atoms with Gasteiger partial charge >= 0.3 is 5.97 Å². The van der Waals surface area contributed by atoms with Crippen LogP contribution in [0.1, 0.15) is 6.92 Å². The van der Waals surface area contributed by atoms with Crippen LogP contribution in [0.3, 0.4) is 0 Å². The number of aliphatic hydroxyl groups excluding tert-OH is 2. The minimum absolute atomic E-state index is 0.133. The van der Waals surface area contributed by atoms with Crippen LogP contribution in [0.5, 0.6) is 0 Å². The van der Waals surface area contributed by atoms with E-state index in [1.165, 1.54) is 6.92 Å². The molecule has 1 atom stereocenters. The smallest absolute Gasteiger partial charge is 0.302 e. The third-order valence-corrected chi connectivity index (χ3v) is 0.690. The summed E-state index contributed by atoms with van der Waals surface area (Å²) in [6, 6.07) is 0. The van der Waals surface area contributed by atoms with E-state index in [4.69, 9.17) is 10.2 Å². The lowest BCUT2D eigenvalue weighted by Crippen LogP contribution is -2.20. The highest BCUT2D eigenvalue weighted by atomic mass is 16.5. The van der Waals surface area contributed by atoms with Gasteiger partial charge in [0, 0.05) is 6.92 Å². The van der Waals surface area contributed by atoms with Crippen molar-refractivity contribution in [3.63, 3.8) is 0 Å². The van der Waals surface area contributed by atoms with Gasteiger partial charge in [0.25, 0.3) is 0 Å². The normalized spacial score (nSPS) is 11.6. The largest absolute Gasteiger partial charge is 0.463 e. The fraction of sp³-hybridized carbons (Fsp3) is 0.875. The second-order valence-corrected chi connectivity index (χ2v) is 2.98. The Bertz CT molecular complexity index is 125. The zero-order valence-electron chi connectivity index (χ0n) is 8.65. The molecule has 0 amide bonds. The van der Waals surface area contributed by atoms with E-state index in [2.05, 4.69) is 4.74 Å². The van der Waals surface area contributed by atoms with Gasteiger partial charge < -0.3 is 19.8 Å². The zero-order chi connectivity index (χ0) is 10.9. The van der Waals surface area contributed by atoms with Crippen molar-refractivity contribution in [1.29, 1.82) is 0 Å². The van der Waals surface area contributed by atoms with Crippen molar-refractivity contribution in [2.75, 3.05) is 34.4 Å². The molecule has 5 nitrogen and oxygen atoms in total. The second kappa shape index (κ2) is 9.44. The number of hydrogen-bond donors (Lipinski definition) is 2. The van der Waals surface area contributed by atoms with Gasteiger partial charge in [-0.1, -0.05) is 0 Å². The Morgan fingerprint density at radius 1 is 1.46 bits per heavy atom. The van der Waals surface area contributed by atoms with Crippen LogP contribution in [0.25, 0.3) is 0 Å². The molecule has 0 saturated carbocycles. The van der Waals surface area contributed by atoms with Gasteiger partial charge in [-0.3, -0.25) is 4.79 Å². The number of rotatable bonds is 3. The summed E-state index contributed by atoms with van der Waals surface area (Å²) in [7, 11) is 6.00. The topological polar surface area (TPSA) is 70.0 Å². The van der Waals surface area contributed by atoms with Crippen molar-refractivity contribution in [2.45, 2.75) is 13.0 Å². The van der Waals surface area contributed by atoms with Crippen molar-refractivity contribution in [3.8, 4) is 0 Å². The predicted molar refractivity (Wildman–Crippen MR) is 49.3 cm³/mol. The molecule has 0 aliphatic carbocycles. The molecule has 80 valence electrons. The molecular weight excluding hydrogens is 174 g/mol. The van der Waals surface area contributed by atoms with Crippen molar-refractivity contribution in [3.05, 3.63) is 0 Å². The molecule has 0 saturated heterocycles. The number of carbonyl (C=O) groups excluding carboxylic acids is 1. The van der Waals surface area contributed by atoms with Crippen LogP contribution in [0.4, 0.5) is 0 Å². The van der Waals surface area contributed by atoms with E-state index < -0.39 is 12.1 Å². The van der Waals surface area contributed by atoms with Gasteiger partial charge in [-0.25, -0.2) is 0 Å². The summed E-state index contributed by atoms with van der Waals surface area (Å²) in [6.07, 6.45) is -0.950. The molecule has 0 aliphatic rings. The Hall–Kier alpha value is -0.650. The van der Waals surface area contributed by atoms with Crippen molar-refractivity contribution in [2.24, 2.45) is 0 Å². The van der Waals surface area contributed by atoms with Gasteiger partial charge in [0.1, 0.15) is 12.7 Å². The lowest BCUT2D eigenvalue weighted by atomic mass is 10.4. The standard InChI is InChI=1S/C5H10O4.C3H9N/c1-4(7)9-3-5(8)2-6;1-4(2)3/h5-6,8H,2-3H2,1H3;1-3H3. The van der Waals surface area contributed by atoms with Crippen LogP contribution >= 0.6 is 0 Å². The molecular formula is C8H19NO4. The monoisotopic (exact) mass is 193 g/mol. The third kappa shape index (κ3) is 24.6. The Balaban J connectivity index is 0. The first kappa shape index (κ1) is 14.9. The molecule has 0 aromatic rings. The molecule has 0 aromatic heterocycles. The van der Waals surface area contributed by atoms with Gasteiger partial charge in [-0.05, 0) is 21.1 Å². The van der Waals surface area contributed by atoms with Crippen LogP contribution in [-0.4, -0.2) is 61.5 Å². The number of esters is 1. The van der Waals surface area contributed by atoms with Gasteiger partial charge in [0.2, 0.25) is 0 Å². The van der Waals surface area contributed by atoms with Crippen LogP contribution < -0.4 is 0 Å². The summed E-state index contributed by atoms with van der Waals surface area (Å²) in [5, 5.41) is 16.8. The van der Waals surface area contributed by atoms with Crippen molar-refractivity contribution < 1.29 is 19.7 Å². The molecule has 0 aromatic carbocycles. The molecule has 0 bridgehead atoms. The number of hydrogen-bond acceptors (Lipinski definition) is 5. The lowest BCUT2D eigenvalue weighted by Gasteiger charge is -2.05. The van der Waals surface area contributed by atoms with E-state index in [-0.39, 0.29) is 13.2 Å². The highest BCUT2D eigenvalue weighted by molar-refractivity contribution is 5.65. The number of ether oxygens (including phenoxy) is 1. The first-order chi connectivity index (χ1) is 5.90. The molecule has 0 heterocycles. The fourth-order valence-electron chi connectivity index (χ4n) is 0.266. The maximum absolute atomic E-state index is 10.0. The van der Waals surface area contributed by atoms with Crippen LogP contribution in [0.2, 0.25) is 0 Å². The van der Waals surface area contributed by atoms with Gasteiger partial charge in [0.15, 0.2) is 0 Å². The SMILES string of the molecule is CC(=O)OCC(O)CO.CN(C)C. The minimum Gasteiger partial charge on any atom is -0.463 e. The third-order valence-electron chi connectivity index (χ3n) is 0.690. The van der Waals surface area contributed by atoms with Crippen LogP contribution in [0, 0.1) is 0 Å². The maximum atomic E-state index is 10.0. The zero-order valence-corrected chi connectivity index (χ0v) is 8.65. The molecule has 13 heavy (non-hydrogen) atoms. The summed E-state index contributed by atoms with van der Waals surface area (Å²) < 4.78 is 4.35. The van der Waals surface area contributed by atoms with Crippen LogP contribution in [-0.2, 0) is 9.53 Å². The first-order valence-corrected chi connectivity index (χ1v) is 3.93. The van der Waals surface area contributed by atoms with E-state index >= 15 is 0 Å². The first-order valence-electron chi connectivity index (χ1n) is 3.93. The molecule has 1 unspecified atom stereocenters. The molecule has 2 N–H and O–H groups in total. The molecule has 5 heteroatoms. The quantitative estimate of drug-likeness (QED) is 0.567. The Morgan fingerprint density at radius 2 is 1.85 bits per heavy atom. The Morgan fingerprint density at radius 3 is 2.08 bits per heavy atom. The minimum atomic E-state index is -0.950. The van der Waals surface area contributed by atoms with Gasteiger partial charge in [0.05, 0.1) is 6.61 Å². The summed E-state index contributed by atoms with van der Waals surface area (Å²) in [4.78, 5) is 12.0. The Kier molecular flexibility index (Phi) is 10.8. The number of nitrogens with zero attached hydrogens (tertiary/aromatic N) is 1. The van der Waals surface area contributed by atoms with E-state index in [0.717, 1.165) is 0 Å². The number of carbonyl (C=O) groups is 1. The molecule has 0 radical (unpaired) electrons. The molecule has 0 rings (SSSR count). The average molecular weight is 193 g/mol. The lowest BCUT2D eigenvalue weighted by molar-refractivity contribution is -0.144. The van der Waals surface area contributed by atoms with Crippen LogP contribution in [0.15, 0.2) is 0 Å². The van der Waals surface area contributed by atoms with Crippen molar-refractivity contribution in [1.82, 2.24) is 4.90 Å². The maximum Gasteiger partial charge on any atom is 0.302 e. The Labute approximate surface area is 78.9 Å². The van der Waals surface area contributed by atoms with Gasteiger partial charge in [-0.15, -0.1) is 0 Å². The fourth-order valence-corrected chi connectivity index (χ4v) is 0.266. The van der Waals surface area contributed by atoms with E-state index in [0.29, 0.717) is 0 Å². The number of aliphatic hydroxyl groups is 2. The predicted octanol–water partition coefficient (Wildman–Crippen LogP) is -0.919. The highest BCUT2D eigenvalue weighted by Crippen LogP contribution is 1.82. The molecule has 0 spiro atoms. The average Bonchev–Trinajstić information content (AvgIpc) is 1.99. The summed E-state index contributed by atoms with van der Waals surface area (Å²) in [5.74, 6) is -0.456. The van der Waals surface area contributed by atoms with E-state index in [1.807, 2.05) is 26.0 Å². The molecule has 0 fully saturated rings. The summed E-state index contributed by atoms with van der Waals surface area (Å²) in [5.41, 5.74) is 0. The second-order valence-electron chi connectivity index (χ2n) is 2.98. The summed E-state index contributed by atoms with van der Waals surface area (Å²) in [6.45, 7) is 0.725. The molecule has 0 aliphatic heterocycles. The highest BCUT2D eigenvalue weighted by Gasteiger charge is 2.02. The van der Waals surface area contributed by atoms with Gasteiger partial charge in [-0.2, -0.15) is 0 Å². The van der Waals surface area contributed by atoms with Crippen molar-refractivity contribution >= 4 is 5.97 Å². The summed E-state index contributed by atoms with van der Waals surface area (Å²) >= 11 is 0. The van der Waals surface area contributed by atoms with E-state index in [9.17, 15) is 4.79 Å².